The van der Waals surface area contributed by atoms with Gasteiger partial charge < -0.3 is 4.74 Å². The molecule has 1 heterocycles. The Morgan fingerprint density at radius 3 is 2.82 bits per heavy atom. The first-order valence-electron chi connectivity index (χ1n) is 4.88. The topological polar surface area (TPSA) is 56.8 Å². The van der Waals surface area contributed by atoms with E-state index in [9.17, 15) is 0 Å². The van der Waals surface area contributed by atoms with Crippen molar-refractivity contribution < 1.29 is 4.74 Å². The van der Waals surface area contributed by atoms with E-state index in [1.165, 1.54) is 6.08 Å². The Morgan fingerprint density at radius 2 is 2.12 bits per heavy atom. The Labute approximate surface area is 104 Å². The molecule has 82 valence electrons. The molecule has 0 saturated carbocycles. The molecule has 0 N–H and O–H groups in total. The van der Waals surface area contributed by atoms with Crippen LogP contribution < -0.4 is 4.74 Å². The quantitative estimate of drug-likeness (QED) is 0.711. The number of benzene rings is 1. The standard InChI is InChI=1S/C13H7ClN2O/c14-12-1-2-13-11(5-12)4-9(8-17-13)3-10(6-15)7-16/h1-5H,8H2. The second-order valence-electron chi connectivity index (χ2n) is 3.47. The van der Waals surface area contributed by atoms with Crippen LogP contribution in [0, 0.1) is 22.7 Å². The number of ether oxygens (including phenoxy) is 1. The molecule has 2 rings (SSSR count). The third-order valence-corrected chi connectivity index (χ3v) is 2.51. The van der Waals surface area contributed by atoms with Crippen LogP contribution in [-0.4, -0.2) is 6.61 Å². The molecule has 17 heavy (non-hydrogen) atoms. The molecule has 1 aliphatic heterocycles. The van der Waals surface area contributed by atoms with E-state index >= 15 is 0 Å². The number of rotatable bonds is 1. The first-order chi connectivity index (χ1) is 8.22. The largest absolute Gasteiger partial charge is 0.488 e. The average molecular weight is 243 g/mol. The molecule has 0 radical (unpaired) electrons. The predicted molar refractivity (Wildman–Crippen MR) is 64.2 cm³/mol. The van der Waals surface area contributed by atoms with Gasteiger partial charge in [-0.15, -0.1) is 0 Å². The third kappa shape index (κ3) is 2.47. The number of nitriles is 2. The van der Waals surface area contributed by atoms with Crippen LogP contribution >= 0.6 is 11.6 Å². The highest BCUT2D eigenvalue weighted by Gasteiger charge is 2.10. The second-order valence-corrected chi connectivity index (χ2v) is 3.91. The highest BCUT2D eigenvalue weighted by Crippen LogP contribution is 2.29. The van der Waals surface area contributed by atoms with Crippen LogP contribution in [0.25, 0.3) is 6.08 Å². The molecule has 0 bridgehead atoms. The summed E-state index contributed by atoms with van der Waals surface area (Å²) in [4.78, 5) is 0. The van der Waals surface area contributed by atoms with Crippen molar-refractivity contribution >= 4 is 17.7 Å². The van der Waals surface area contributed by atoms with E-state index in [-0.39, 0.29) is 5.57 Å². The molecule has 0 atom stereocenters. The van der Waals surface area contributed by atoms with Crippen molar-refractivity contribution in [1.29, 1.82) is 10.5 Å². The van der Waals surface area contributed by atoms with Crippen LogP contribution in [0.2, 0.25) is 5.02 Å². The Kier molecular flexibility index (Phi) is 3.14. The van der Waals surface area contributed by atoms with Crippen LogP contribution in [0.1, 0.15) is 5.56 Å². The normalized spacial score (nSPS) is 12.3. The van der Waals surface area contributed by atoms with Crippen molar-refractivity contribution in [1.82, 2.24) is 0 Å². The van der Waals surface area contributed by atoms with E-state index in [4.69, 9.17) is 26.9 Å². The maximum atomic E-state index is 8.67. The molecule has 4 heteroatoms. The number of fused-ring (bicyclic) bond motifs is 1. The van der Waals surface area contributed by atoms with Gasteiger partial charge in [0.1, 0.15) is 30.1 Å². The van der Waals surface area contributed by atoms with Gasteiger partial charge in [-0.25, -0.2) is 0 Å². The zero-order chi connectivity index (χ0) is 12.3. The van der Waals surface area contributed by atoms with Crippen LogP contribution in [0.15, 0.2) is 35.4 Å². The van der Waals surface area contributed by atoms with E-state index < -0.39 is 0 Å². The molecule has 1 aromatic rings. The summed E-state index contributed by atoms with van der Waals surface area (Å²) in [5.41, 5.74) is 1.69. The molecule has 1 aromatic carbocycles. The van der Waals surface area contributed by atoms with Crippen LogP contribution in [-0.2, 0) is 0 Å². The highest BCUT2D eigenvalue weighted by atomic mass is 35.5. The Morgan fingerprint density at radius 1 is 1.35 bits per heavy atom. The molecule has 3 nitrogen and oxygen atoms in total. The minimum atomic E-state index is 0.0605. The van der Waals surface area contributed by atoms with Gasteiger partial charge in [-0.2, -0.15) is 10.5 Å². The number of hydrogen-bond donors (Lipinski definition) is 0. The monoisotopic (exact) mass is 242 g/mol. The second kappa shape index (κ2) is 4.74. The first-order valence-corrected chi connectivity index (χ1v) is 5.25. The third-order valence-electron chi connectivity index (χ3n) is 2.28. The van der Waals surface area contributed by atoms with Crippen molar-refractivity contribution in [2.45, 2.75) is 0 Å². The number of nitrogens with zero attached hydrogens (tertiary/aromatic N) is 2. The van der Waals surface area contributed by atoms with Crippen molar-refractivity contribution in [2.75, 3.05) is 6.61 Å². The molecule has 0 amide bonds. The van der Waals surface area contributed by atoms with E-state index in [1.54, 1.807) is 18.2 Å². The lowest BCUT2D eigenvalue weighted by molar-refractivity contribution is 0.351. The molecular weight excluding hydrogens is 236 g/mol. The smallest absolute Gasteiger partial charge is 0.130 e. The van der Waals surface area contributed by atoms with Gasteiger partial charge in [-0.05, 0) is 35.9 Å². The van der Waals surface area contributed by atoms with Gasteiger partial charge >= 0.3 is 0 Å². The van der Waals surface area contributed by atoms with Gasteiger partial charge in [0.05, 0.1) is 0 Å². The van der Waals surface area contributed by atoms with E-state index in [1.807, 2.05) is 18.2 Å². The molecule has 0 spiro atoms. The van der Waals surface area contributed by atoms with E-state index in [2.05, 4.69) is 0 Å². The summed E-state index contributed by atoms with van der Waals surface area (Å²) in [5, 5.41) is 18.0. The van der Waals surface area contributed by atoms with Crippen molar-refractivity contribution in [3.63, 3.8) is 0 Å². The zero-order valence-electron chi connectivity index (χ0n) is 8.77. The van der Waals surface area contributed by atoms with Gasteiger partial charge in [0.15, 0.2) is 0 Å². The van der Waals surface area contributed by atoms with E-state index in [0.29, 0.717) is 11.6 Å². The summed E-state index contributed by atoms with van der Waals surface area (Å²) in [6.45, 7) is 0.349. The van der Waals surface area contributed by atoms with Crippen molar-refractivity contribution in [3.05, 3.63) is 46.0 Å². The highest BCUT2D eigenvalue weighted by molar-refractivity contribution is 6.30. The lowest BCUT2D eigenvalue weighted by Gasteiger charge is -2.16. The fraction of sp³-hybridized carbons (Fsp3) is 0.0769. The summed E-state index contributed by atoms with van der Waals surface area (Å²) in [6.07, 6.45) is 3.38. The number of hydrogen-bond acceptors (Lipinski definition) is 3. The van der Waals surface area contributed by atoms with Gasteiger partial charge in [0.25, 0.3) is 0 Å². The molecule has 0 aromatic heterocycles. The summed E-state index contributed by atoms with van der Waals surface area (Å²) in [6, 6.07) is 8.95. The maximum Gasteiger partial charge on any atom is 0.130 e. The molecule has 0 aliphatic carbocycles. The first kappa shape index (κ1) is 11.3. The molecule has 0 fully saturated rings. The van der Waals surface area contributed by atoms with Gasteiger partial charge in [0, 0.05) is 10.6 Å². The Bertz CT molecular complexity index is 587. The van der Waals surface area contributed by atoms with Crippen LogP contribution in [0.3, 0.4) is 0 Å². The van der Waals surface area contributed by atoms with Crippen LogP contribution in [0.5, 0.6) is 5.75 Å². The summed E-state index contributed by atoms with van der Waals surface area (Å²) in [5.74, 6) is 0.752. The minimum absolute atomic E-state index is 0.0605. The average Bonchev–Trinajstić information content (AvgIpc) is 2.35. The Hall–Kier alpha value is -2.23. The molecule has 0 unspecified atom stereocenters. The van der Waals surface area contributed by atoms with Crippen LogP contribution in [0.4, 0.5) is 0 Å². The molecule has 0 saturated heterocycles. The summed E-state index contributed by atoms with van der Waals surface area (Å²) in [7, 11) is 0. The lowest BCUT2D eigenvalue weighted by atomic mass is 10.1. The zero-order valence-corrected chi connectivity index (χ0v) is 9.53. The van der Waals surface area contributed by atoms with E-state index in [0.717, 1.165) is 16.9 Å². The maximum absolute atomic E-state index is 8.67. The van der Waals surface area contributed by atoms with Gasteiger partial charge in [-0.3, -0.25) is 0 Å². The van der Waals surface area contributed by atoms with Gasteiger partial charge in [0.2, 0.25) is 0 Å². The fourth-order valence-corrected chi connectivity index (χ4v) is 1.70. The lowest BCUT2D eigenvalue weighted by Crippen LogP contribution is -2.06. The molecule has 1 aliphatic rings. The number of allylic oxidation sites excluding steroid dienone is 1. The SMILES string of the molecule is N#CC(C#N)=CC1=Cc2cc(Cl)ccc2OC1. The van der Waals surface area contributed by atoms with Gasteiger partial charge in [-0.1, -0.05) is 11.6 Å². The minimum Gasteiger partial charge on any atom is -0.488 e. The fourth-order valence-electron chi connectivity index (χ4n) is 1.52. The van der Waals surface area contributed by atoms with Crippen molar-refractivity contribution in [2.24, 2.45) is 0 Å². The number of halogens is 1. The van der Waals surface area contributed by atoms with Crippen molar-refractivity contribution in [3.8, 4) is 17.9 Å². The predicted octanol–water partition coefficient (Wildman–Crippen LogP) is 3.09. The summed E-state index contributed by atoms with van der Waals surface area (Å²) >= 11 is 5.88. The Balaban J connectivity index is 2.40. The summed E-state index contributed by atoms with van der Waals surface area (Å²) < 4.78 is 5.49. The molecular formula is C13H7ClN2O.